The van der Waals surface area contributed by atoms with Gasteiger partial charge in [0.05, 0.1) is 12.7 Å². The van der Waals surface area contributed by atoms with Crippen LogP contribution in [0, 0.1) is 0 Å². The van der Waals surface area contributed by atoms with Crippen LogP contribution in [0.5, 0.6) is 0 Å². The van der Waals surface area contributed by atoms with Gasteiger partial charge >= 0.3 is 5.97 Å². The highest BCUT2D eigenvalue weighted by Gasteiger charge is 2.20. The first kappa shape index (κ1) is 18.4. The van der Waals surface area contributed by atoms with Gasteiger partial charge in [-0.25, -0.2) is 9.78 Å². The van der Waals surface area contributed by atoms with Crippen molar-refractivity contribution in [2.24, 2.45) is 5.73 Å². The minimum absolute atomic E-state index is 0.169. The standard InChI is InChI=1S/C17H16ClN3O4/c1-25-17(24)12-4-2-3-11(8-12)16(23)21-13(15(19)22)7-10-5-6-14(18)20-9-10/h2-6,8-9,13H,7H2,1H3,(H2,19,22)(H,21,23)/t13-/m1/s1. The number of rotatable bonds is 6. The molecule has 1 heterocycles. The second kappa shape index (κ2) is 8.25. The molecule has 0 saturated heterocycles. The third-order valence-electron chi connectivity index (χ3n) is 3.42. The zero-order valence-corrected chi connectivity index (χ0v) is 14.1. The molecule has 2 rings (SSSR count). The van der Waals surface area contributed by atoms with E-state index in [-0.39, 0.29) is 17.5 Å². The lowest BCUT2D eigenvalue weighted by Crippen LogP contribution is -2.45. The van der Waals surface area contributed by atoms with Crippen molar-refractivity contribution in [3.05, 3.63) is 64.4 Å². The average molecular weight is 362 g/mol. The summed E-state index contributed by atoms with van der Waals surface area (Å²) in [5.41, 5.74) is 6.50. The minimum atomic E-state index is -0.933. The lowest BCUT2D eigenvalue weighted by Gasteiger charge is -2.15. The summed E-state index contributed by atoms with van der Waals surface area (Å²) in [6.07, 6.45) is 1.67. The maximum Gasteiger partial charge on any atom is 0.337 e. The van der Waals surface area contributed by atoms with Gasteiger partial charge in [0.1, 0.15) is 11.2 Å². The van der Waals surface area contributed by atoms with Crippen molar-refractivity contribution < 1.29 is 19.1 Å². The second-order valence-corrected chi connectivity index (χ2v) is 5.58. The van der Waals surface area contributed by atoms with E-state index in [2.05, 4.69) is 15.0 Å². The molecule has 1 aromatic carbocycles. The van der Waals surface area contributed by atoms with E-state index in [1.54, 1.807) is 18.2 Å². The number of halogens is 1. The van der Waals surface area contributed by atoms with E-state index >= 15 is 0 Å². The van der Waals surface area contributed by atoms with Gasteiger partial charge in [-0.2, -0.15) is 0 Å². The number of amides is 2. The minimum Gasteiger partial charge on any atom is -0.465 e. The molecule has 0 aliphatic carbocycles. The zero-order valence-electron chi connectivity index (χ0n) is 13.4. The van der Waals surface area contributed by atoms with Gasteiger partial charge in [0.25, 0.3) is 5.91 Å². The van der Waals surface area contributed by atoms with E-state index in [9.17, 15) is 14.4 Å². The van der Waals surface area contributed by atoms with Crippen LogP contribution in [0.25, 0.3) is 0 Å². The lowest BCUT2D eigenvalue weighted by molar-refractivity contribution is -0.119. The third kappa shape index (κ3) is 5.02. The molecule has 0 fully saturated rings. The molecule has 0 spiro atoms. The smallest absolute Gasteiger partial charge is 0.337 e. The Morgan fingerprint density at radius 3 is 2.56 bits per heavy atom. The summed E-state index contributed by atoms with van der Waals surface area (Å²) in [6.45, 7) is 0. The van der Waals surface area contributed by atoms with Crippen molar-refractivity contribution in [3.63, 3.8) is 0 Å². The largest absolute Gasteiger partial charge is 0.465 e. The maximum atomic E-state index is 12.4. The van der Waals surface area contributed by atoms with E-state index < -0.39 is 23.8 Å². The summed E-state index contributed by atoms with van der Waals surface area (Å²) < 4.78 is 4.62. The van der Waals surface area contributed by atoms with Crippen molar-refractivity contribution in [2.75, 3.05) is 7.11 Å². The Morgan fingerprint density at radius 1 is 1.24 bits per heavy atom. The summed E-state index contributed by atoms with van der Waals surface area (Å²) in [6, 6.07) is 8.30. The Balaban J connectivity index is 2.13. The molecule has 0 bridgehead atoms. The highest BCUT2D eigenvalue weighted by Crippen LogP contribution is 2.10. The second-order valence-electron chi connectivity index (χ2n) is 5.19. The van der Waals surface area contributed by atoms with Crippen LogP contribution in [0.3, 0.4) is 0 Å². The topological polar surface area (TPSA) is 111 Å². The SMILES string of the molecule is COC(=O)c1cccc(C(=O)N[C@H](Cc2ccc(Cl)nc2)C(N)=O)c1. The van der Waals surface area contributed by atoms with E-state index in [4.69, 9.17) is 17.3 Å². The molecule has 3 N–H and O–H groups in total. The number of hydrogen-bond donors (Lipinski definition) is 2. The molecule has 1 aromatic heterocycles. The molecule has 7 nitrogen and oxygen atoms in total. The summed E-state index contributed by atoms with van der Waals surface area (Å²) in [4.78, 5) is 39.5. The number of aromatic nitrogens is 1. The molecule has 25 heavy (non-hydrogen) atoms. The van der Waals surface area contributed by atoms with Crippen LogP contribution in [0.4, 0.5) is 0 Å². The van der Waals surface area contributed by atoms with E-state index in [1.807, 2.05) is 0 Å². The van der Waals surface area contributed by atoms with Crippen molar-refractivity contribution in [3.8, 4) is 0 Å². The normalized spacial score (nSPS) is 11.4. The van der Waals surface area contributed by atoms with Gasteiger partial charge in [0, 0.05) is 18.2 Å². The number of hydrogen-bond acceptors (Lipinski definition) is 5. The third-order valence-corrected chi connectivity index (χ3v) is 3.65. The van der Waals surface area contributed by atoms with Crippen LogP contribution in [-0.2, 0) is 16.0 Å². The predicted octanol–water partition coefficient (Wildman–Crippen LogP) is 1.35. The summed E-state index contributed by atoms with van der Waals surface area (Å²) in [5, 5.41) is 2.88. The summed E-state index contributed by atoms with van der Waals surface area (Å²) >= 11 is 5.72. The Bertz CT molecular complexity index is 793. The fourth-order valence-electron chi connectivity index (χ4n) is 2.13. The molecule has 0 radical (unpaired) electrons. The number of nitrogens with zero attached hydrogens (tertiary/aromatic N) is 1. The Kier molecular flexibility index (Phi) is 6.08. The Morgan fingerprint density at radius 2 is 1.96 bits per heavy atom. The Hall–Kier alpha value is -2.93. The van der Waals surface area contributed by atoms with Crippen molar-refractivity contribution in [2.45, 2.75) is 12.5 Å². The van der Waals surface area contributed by atoms with Crippen molar-refractivity contribution in [1.82, 2.24) is 10.3 Å². The van der Waals surface area contributed by atoms with Gasteiger partial charge in [0.2, 0.25) is 5.91 Å². The molecule has 0 unspecified atom stereocenters. The average Bonchev–Trinajstić information content (AvgIpc) is 2.62. The number of pyridine rings is 1. The molecule has 8 heteroatoms. The molecular formula is C17H16ClN3O4. The van der Waals surface area contributed by atoms with E-state index in [1.165, 1.54) is 31.5 Å². The van der Waals surface area contributed by atoms with Gasteiger partial charge in [-0.1, -0.05) is 23.7 Å². The van der Waals surface area contributed by atoms with Gasteiger partial charge in [-0.3, -0.25) is 9.59 Å². The molecule has 2 amide bonds. The number of primary amides is 1. The highest BCUT2D eigenvalue weighted by molar-refractivity contribution is 6.29. The monoisotopic (exact) mass is 361 g/mol. The molecule has 130 valence electrons. The number of ether oxygens (including phenoxy) is 1. The Labute approximate surface area is 149 Å². The van der Waals surface area contributed by atoms with Crippen LogP contribution in [-0.4, -0.2) is 35.9 Å². The zero-order chi connectivity index (χ0) is 18.4. The van der Waals surface area contributed by atoms with Gasteiger partial charge in [-0.15, -0.1) is 0 Å². The van der Waals surface area contributed by atoms with Gasteiger partial charge < -0.3 is 15.8 Å². The fraction of sp³-hybridized carbons (Fsp3) is 0.176. The first-order chi connectivity index (χ1) is 11.9. The molecule has 2 aromatic rings. The van der Waals surface area contributed by atoms with E-state index in [0.717, 1.165) is 0 Å². The quantitative estimate of drug-likeness (QED) is 0.596. The van der Waals surface area contributed by atoms with Crippen molar-refractivity contribution >= 4 is 29.4 Å². The molecule has 0 saturated carbocycles. The first-order valence-corrected chi connectivity index (χ1v) is 7.67. The van der Waals surface area contributed by atoms with Crippen LogP contribution >= 0.6 is 11.6 Å². The number of benzene rings is 1. The number of esters is 1. The van der Waals surface area contributed by atoms with Crippen molar-refractivity contribution in [1.29, 1.82) is 0 Å². The number of carbonyl (C=O) groups is 3. The number of methoxy groups -OCH3 is 1. The van der Waals surface area contributed by atoms with Crippen LogP contribution in [0.2, 0.25) is 5.15 Å². The lowest BCUT2D eigenvalue weighted by atomic mass is 10.1. The molecule has 0 aliphatic heterocycles. The molecular weight excluding hydrogens is 346 g/mol. The van der Waals surface area contributed by atoms with Gasteiger partial charge in [-0.05, 0) is 29.8 Å². The number of nitrogens with one attached hydrogen (secondary N) is 1. The van der Waals surface area contributed by atoms with Crippen LogP contribution in [0.1, 0.15) is 26.3 Å². The van der Waals surface area contributed by atoms with Gasteiger partial charge in [0.15, 0.2) is 0 Å². The van der Waals surface area contributed by atoms with Crippen LogP contribution in [0.15, 0.2) is 42.6 Å². The maximum absolute atomic E-state index is 12.4. The molecule has 1 atom stereocenters. The highest BCUT2D eigenvalue weighted by atomic mass is 35.5. The molecule has 0 aliphatic rings. The summed E-state index contributed by atoms with van der Waals surface area (Å²) in [7, 11) is 1.25. The fourth-order valence-corrected chi connectivity index (χ4v) is 2.24. The first-order valence-electron chi connectivity index (χ1n) is 7.29. The number of carbonyl (C=O) groups excluding carboxylic acids is 3. The van der Waals surface area contributed by atoms with Crippen LogP contribution < -0.4 is 11.1 Å². The van der Waals surface area contributed by atoms with E-state index in [0.29, 0.717) is 10.7 Å². The predicted molar refractivity (Wildman–Crippen MR) is 91.2 cm³/mol. The summed E-state index contributed by atoms with van der Waals surface area (Å²) in [5.74, 6) is -1.78. The number of nitrogens with two attached hydrogens (primary N) is 1.